The Bertz CT molecular complexity index is 1250. The predicted molar refractivity (Wildman–Crippen MR) is 125 cm³/mol. The van der Waals surface area contributed by atoms with Crippen molar-refractivity contribution in [3.63, 3.8) is 0 Å². The van der Waals surface area contributed by atoms with Gasteiger partial charge in [-0.3, -0.25) is 4.79 Å². The zero-order valence-corrected chi connectivity index (χ0v) is 19.1. The third-order valence-corrected chi connectivity index (χ3v) is 5.63. The Kier molecular flexibility index (Phi) is 6.63. The molecule has 0 saturated heterocycles. The van der Waals surface area contributed by atoms with Gasteiger partial charge in [0.1, 0.15) is 5.75 Å². The van der Waals surface area contributed by atoms with Crippen LogP contribution in [0.3, 0.4) is 0 Å². The van der Waals surface area contributed by atoms with E-state index in [1.54, 1.807) is 36.6 Å². The maximum Gasteiger partial charge on any atom is 0.335 e. The Morgan fingerprint density at radius 3 is 2.16 bits per heavy atom. The van der Waals surface area contributed by atoms with Crippen molar-refractivity contribution in [2.75, 3.05) is 0 Å². The van der Waals surface area contributed by atoms with Crippen LogP contribution in [-0.4, -0.2) is 43.9 Å². The first-order valence-electron chi connectivity index (χ1n) is 9.21. The number of nitrogens with zero attached hydrogens (tertiary/aromatic N) is 2. The third-order valence-electron chi connectivity index (χ3n) is 4.72. The number of hydrogen-bond acceptors (Lipinski definition) is 5. The highest BCUT2D eigenvalue weighted by molar-refractivity contribution is 14.1. The number of carboxylic acid groups (broad SMARTS) is 2. The fourth-order valence-corrected chi connectivity index (χ4v) is 3.52. The van der Waals surface area contributed by atoms with Crippen LogP contribution >= 0.6 is 22.6 Å². The highest BCUT2D eigenvalue weighted by Gasteiger charge is 2.16. The number of phenols is 1. The van der Waals surface area contributed by atoms with Crippen LogP contribution in [0.15, 0.2) is 47.6 Å². The lowest BCUT2D eigenvalue weighted by atomic mass is 10.1. The van der Waals surface area contributed by atoms with Crippen molar-refractivity contribution >= 4 is 46.7 Å². The number of benzene rings is 2. The molecule has 3 aromatic rings. The summed E-state index contributed by atoms with van der Waals surface area (Å²) in [5.74, 6) is -2.97. The second-order valence-corrected chi connectivity index (χ2v) is 8.07. The second-order valence-electron chi connectivity index (χ2n) is 6.91. The highest BCUT2D eigenvalue weighted by Crippen LogP contribution is 2.23. The summed E-state index contributed by atoms with van der Waals surface area (Å²) < 4.78 is 2.33. The van der Waals surface area contributed by atoms with Gasteiger partial charge in [-0.05, 0) is 78.9 Å². The van der Waals surface area contributed by atoms with Gasteiger partial charge in [0, 0.05) is 28.2 Å². The molecule has 2 aromatic carbocycles. The minimum absolute atomic E-state index is 0.00454. The molecule has 0 spiro atoms. The Morgan fingerprint density at radius 1 is 0.969 bits per heavy atom. The fourth-order valence-electron chi connectivity index (χ4n) is 3.18. The number of aryl methyl sites for hydroxylation is 1. The van der Waals surface area contributed by atoms with Gasteiger partial charge in [0.15, 0.2) is 0 Å². The van der Waals surface area contributed by atoms with E-state index in [9.17, 15) is 29.7 Å². The lowest BCUT2D eigenvalue weighted by Crippen LogP contribution is -2.17. The van der Waals surface area contributed by atoms with E-state index in [0.717, 1.165) is 11.8 Å². The van der Waals surface area contributed by atoms with Crippen LogP contribution in [0.25, 0.3) is 5.69 Å². The topological polar surface area (TPSA) is 141 Å². The predicted octanol–water partition coefficient (Wildman–Crippen LogP) is 3.56. The number of halogens is 1. The van der Waals surface area contributed by atoms with Crippen molar-refractivity contribution < 1.29 is 29.7 Å². The number of aromatic carboxylic acids is 2. The van der Waals surface area contributed by atoms with Crippen LogP contribution in [0.4, 0.5) is 0 Å². The Labute approximate surface area is 196 Å². The quantitative estimate of drug-likeness (QED) is 0.211. The van der Waals surface area contributed by atoms with E-state index in [1.165, 1.54) is 24.4 Å². The minimum atomic E-state index is -1.23. The lowest BCUT2D eigenvalue weighted by molar-refractivity contribution is 0.0696. The van der Waals surface area contributed by atoms with Gasteiger partial charge in [0.2, 0.25) is 0 Å². The number of nitrogens with one attached hydrogen (secondary N) is 1. The summed E-state index contributed by atoms with van der Waals surface area (Å²) in [6.07, 6.45) is 1.43. The molecule has 0 aliphatic rings. The number of carboxylic acids is 2. The highest BCUT2D eigenvalue weighted by atomic mass is 127. The maximum atomic E-state index is 12.2. The molecule has 0 aliphatic carbocycles. The van der Waals surface area contributed by atoms with Crippen molar-refractivity contribution in [2.45, 2.75) is 13.8 Å². The van der Waals surface area contributed by atoms with Crippen molar-refractivity contribution in [1.82, 2.24) is 9.99 Å². The van der Waals surface area contributed by atoms with E-state index in [-0.39, 0.29) is 22.4 Å². The summed E-state index contributed by atoms with van der Waals surface area (Å²) >= 11 is 1.95. The number of carbonyl (C=O) groups excluding carboxylic acids is 1. The van der Waals surface area contributed by atoms with Gasteiger partial charge in [0.25, 0.3) is 5.91 Å². The van der Waals surface area contributed by atoms with E-state index >= 15 is 0 Å². The van der Waals surface area contributed by atoms with Gasteiger partial charge in [-0.15, -0.1) is 0 Å². The molecule has 1 aromatic heterocycles. The lowest BCUT2D eigenvalue weighted by Gasteiger charge is -2.12. The monoisotopic (exact) mass is 547 g/mol. The zero-order valence-electron chi connectivity index (χ0n) is 17.0. The molecule has 0 atom stereocenters. The molecule has 10 heteroatoms. The number of hydrazone groups is 1. The molecule has 1 heterocycles. The number of amides is 1. The van der Waals surface area contributed by atoms with Crippen molar-refractivity contribution in [3.8, 4) is 11.4 Å². The molecule has 4 N–H and O–H groups in total. The van der Waals surface area contributed by atoms with Gasteiger partial charge < -0.3 is 19.9 Å². The first-order chi connectivity index (χ1) is 15.1. The molecule has 32 heavy (non-hydrogen) atoms. The standard InChI is InChI=1S/C22H18IN3O6/c1-11-5-16(10-24-25-20(28)13-3-4-18(23)19(27)9-13)12(2)26(11)17-7-14(21(29)30)6-15(8-17)22(31)32/h3-10,27H,1-2H3,(H,25,28)(H,29,30)(H,31,32)/b24-10-. The third kappa shape index (κ3) is 4.80. The van der Waals surface area contributed by atoms with Crippen LogP contribution in [-0.2, 0) is 0 Å². The molecule has 0 unspecified atom stereocenters. The largest absolute Gasteiger partial charge is 0.507 e. The summed E-state index contributed by atoms with van der Waals surface area (Å²) in [7, 11) is 0. The number of hydrogen-bond donors (Lipinski definition) is 4. The molecular weight excluding hydrogens is 529 g/mol. The molecule has 9 nitrogen and oxygen atoms in total. The first kappa shape index (κ1) is 23.0. The molecule has 3 rings (SSSR count). The van der Waals surface area contributed by atoms with Crippen LogP contribution in [0.1, 0.15) is 48.0 Å². The Balaban J connectivity index is 1.89. The van der Waals surface area contributed by atoms with E-state index in [1.807, 2.05) is 22.6 Å². The van der Waals surface area contributed by atoms with E-state index in [2.05, 4.69) is 10.5 Å². The molecule has 0 saturated carbocycles. The summed E-state index contributed by atoms with van der Waals surface area (Å²) in [5.41, 5.74) is 4.77. The van der Waals surface area contributed by atoms with Gasteiger partial charge in [-0.25, -0.2) is 15.0 Å². The Hall–Kier alpha value is -3.67. The fraction of sp³-hybridized carbons (Fsp3) is 0.0909. The van der Waals surface area contributed by atoms with Crippen LogP contribution < -0.4 is 5.43 Å². The van der Waals surface area contributed by atoms with E-state index in [0.29, 0.717) is 20.5 Å². The smallest absolute Gasteiger partial charge is 0.335 e. The van der Waals surface area contributed by atoms with Crippen LogP contribution in [0.5, 0.6) is 5.75 Å². The SMILES string of the molecule is Cc1cc(/C=N\NC(=O)c2ccc(I)c(O)c2)c(C)n1-c1cc(C(=O)O)cc(C(=O)O)c1. The summed E-state index contributed by atoms with van der Waals surface area (Å²) in [4.78, 5) is 35.1. The van der Waals surface area contributed by atoms with E-state index in [4.69, 9.17) is 0 Å². The minimum Gasteiger partial charge on any atom is -0.507 e. The summed E-state index contributed by atoms with van der Waals surface area (Å²) in [6.45, 7) is 3.55. The summed E-state index contributed by atoms with van der Waals surface area (Å²) in [5, 5.41) is 32.3. The zero-order chi connectivity index (χ0) is 23.6. The number of aromatic nitrogens is 1. The van der Waals surface area contributed by atoms with Crippen molar-refractivity contribution in [2.24, 2.45) is 5.10 Å². The molecule has 0 radical (unpaired) electrons. The van der Waals surface area contributed by atoms with Crippen molar-refractivity contribution in [3.05, 3.63) is 79.7 Å². The van der Waals surface area contributed by atoms with Gasteiger partial charge in [-0.1, -0.05) is 0 Å². The molecule has 164 valence electrons. The average Bonchev–Trinajstić information content (AvgIpc) is 3.02. The maximum absolute atomic E-state index is 12.2. The molecule has 0 aliphatic heterocycles. The van der Waals surface area contributed by atoms with Crippen LogP contribution in [0.2, 0.25) is 0 Å². The van der Waals surface area contributed by atoms with Gasteiger partial charge in [-0.2, -0.15) is 5.10 Å². The Morgan fingerprint density at radius 2 is 1.59 bits per heavy atom. The molecule has 1 amide bonds. The van der Waals surface area contributed by atoms with Crippen molar-refractivity contribution in [1.29, 1.82) is 0 Å². The summed E-state index contributed by atoms with van der Waals surface area (Å²) in [6, 6.07) is 10.2. The van der Waals surface area contributed by atoms with Gasteiger partial charge in [0.05, 0.1) is 20.9 Å². The molecule has 0 bridgehead atoms. The number of phenolic OH excluding ortho intramolecular Hbond substituents is 1. The van der Waals surface area contributed by atoms with E-state index < -0.39 is 17.8 Å². The number of carbonyl (C=O) groups is 3. The molecule has 0 fully saturated rings. The normalized spacial score (nSPS) is 11.0. The number of aromatic hydroxyl groups is 1. The second kappa shape index (κ2) is 9.22. The first-order valence-corrected chi connectivity index (χ1v) is 10.3. The van der Waals surface area contributed by atoms with Gasteiger partial charge >= 0.3 is 11.9 Å². The van der Waals surface area contributed by atoms with Crippen LogP contribution in [0, 0.1) is 17.4 Å². The molecular formula is C22H18IN3O6. The number of rotatable bonds is 6. The average molecular weight is 547 g/mol.